The molecule has 0 saturated carbocycles. The maximum absolute atomic E-state index is 11.3. The standard InChI is InChI=1S/C2H2BF3O2.K/c4-1(2(5)6)3(7)8;/h7-8H;. The minimum absolute atomic E-state index is 0. The molecule has 9 heavy (non-hydrogen) atoms. The van der Waals surface area contributed by atoms with Gasteiger partial charge in [-0.15, -0.1) is 0 Å². The molecule has 0 unspecified atom stereocenters. The van der Waals surface area contributed by atoms with Gasteiger partial charge in [0.05, 0.1) is 0 Å². The largest absolute Gasteiger partial charge is 0.524 e. The summed E-state index contributed by atoms with van der Waals surface area (Å²) >= 11 is 0. The van der Waals surface area contributed by atoms with Crippen LogP contribution in [0.1, 0.15) is 0 Å². The minimum atomic E-state index is -2.71. The molecule has 0 amide bonds. The molecule has 0 saturated heterocycles. The third-order valence-electron chi connectivity index (χ3n) is 0.407. The average Bonchev–Trinajstić information content (AvgIpc) is 1.64. The quantitative estimate of drug-likeness (QED) is 0.523. The van der Waals surface area contributed by atoms with Gasteiger partial charge < -0.3 is 10.0 Å². The van der Waals surface area contributed by atoms with Crippen LogP contribution < -0.4 is 0 Å². The van der Waals surface area contributed by atoms with Crippen molar-refractivity contribution in [3.63, 3.8) is 0 Å². The van der Waals surface area contributed by atoms with Crippen LogP contribution in [0, 0.1) is 0 Å². The van der Waals surface area contributed by atoms with E-state index in [1.807, 2.05) is 0 Å². The van der Waals surface area contributed by atoms with Crippen LogP contribution in [0.15, 0.2) is 11.8 Å². The first-order chi connectivity index (χ1) is 3.55. The van der Waals surface area contributed by atoms with E-state index in [1.54, 1.807) is 0 Å². The first-order valence-corrected chi connectivity index (χ1v) is 1.62. The van der Waals surface area contributed by atoms with Gasteiger partial charge in [-0.2, -0.15) is 8.78 Å². The predicted molar refractivity (Wildman–Crippen MR) is 26.3 cm³/mol. The van der Waals surface area contributed by atoms with Crippen molar-refractivity contribution in [2.24, 2.45) is 0 Å². The Morgan fingerprint density at radius 1 is 1.11 bits per heavy atom. The Bertz CT molecular complexity index is 112. The summed E-state index contributed by atoms with van der Waals surface area (Å²) in [5, 5.41) is 15.3. The fourth-order valence-corrected chi connectivity index (χ4v) is 0.0976. The van der Waals surface area contributed by atoms with Gasteiger partial charge in [-0.1, -0.05) is 0 Å². The number of halogens is 3. The van der Waals surface area contributed by atoms with Crippen molar-refractivity contribution >= 4 is 58.5 Å². The smallest absolute Gasteiger partial charge is 0.422 e. The second-order valence-corrected chi connectivity index (χ2v) is 0.982. The van der Waals surface area contributed by atoms with Crippen molar-refractivity contribution in [3.05, 3.63) is 11.8 Å². The van der Waals surface area contributed by atoms with Crippen LogP contribution in [0.25, 0.3) is 0 Å². The first-order valence-electron chi connectivity index (χ1n) is 1.62. The second kappa shape index (κ2) is 5.90. The molecular formula is C2H2BF3KO2. The van der Waals surface area contributed by atoms with Gasteiger partial charge >= 0.3 is 7.12 Å². The van der Waals surface area contributed by atoms with Gasteiger partial charge in [-0.3, -0.25) is 0 Å². The zero-order valence-corrected chi connectivity index (χ0v) is 7.73. The SMILES string of the molecule is OB(O)C(F)=C(F)F.[K]. The van der Waals surface area contributed by atoms with Gasteiger partial charge in [0, 0.05) is 51.4 Å². The summed E-state index contributed by atoms with van der Waals surface area (Å²) in [6.45, 7) is 0. The third-order valence-corrected chi connectivity index (χ3v) is 0.407. The molecule has 0 aromatic rings. The Morgan fingerprint density at radius 2 is 1.44 bits per heavy atom. The van der Waals surface area contributed by atoms with Gasteiger partial charge in [0.1, 0.15) is 0 Å². The van der Waals surface area contributed by atoms with Crippen LogP contribution >= 0.6 is 0 Å². The van der Waals surface area contributed by atoms with Crippen molar-refractivity contribution in [2.75, 3.05) is 0 Å². The summed E-state index contributed by atoms with van der Waals surface area (Å²) in [6, 6.07) is 0. The summed E-state index contributed by atoms with van der Waals surface area (Å²) < 4.78 is 33.0. The second-order valence-electron chi connectivity index (χ2n) is 0.982. The maximum Gasteiger partial charge on any atom is 0.524 e. The van der Waals surface area contributed by atoms with Crippen molar-refractivity contribution < 1.29 is 23.2 Å². The van der Waals surface area contributed by atoms with E-state index < -0.39 is 18.9 Å². The Kier molecular flexibility index (Phi) is 8.39. The van der Waals surface area contributed by atoms with Crippen LogP contribution in [0.5, 0.6) is 0 Å². The molecule has 0 heterocycles. The van der Waals surface area contributed by atoms with Gasteiger partial charge in [0.2, 0.25) is 0 Å². The average molecular weight is 165 g/mol. The van der Waals surface area contributed by atoms with Crippen LogP contribution in [0.2, 0.25) is 0 Å². The van der Waals surface area contributed by atoms with E-state index in [2.05, 4.69) is 0 Å². The van der Waals surface area contributed by atoms with Gasteiger partial charge in [-0.25, -0.2) is 4.39 Å². The molecule has 0 aliphatic heterocycles. The fraction of sp³-hybridized carbons (Fsp3) is 0. The molecule has 2 nitrogen and oxygen atoms in total. The molecule has 0 spiro atoms. The van der Waals surface area contributed by atoms with Crippen LogP contribution in [-0.4, -0.2) is 68.6 Å². The predicted octanol–water partition coefficient (Wildman–Crippen LogP) is -0.305. The van der Waals surface area contributed by atoms with Gasteiger partial charge in [0.25, 0.3) is 6.08 Å². The summed E-state index contributed by atoms with van der Waals surface area (Å²) in [5.41, 5.74) is -2.20. The zero-order chi connectivity index (χ0) is 6.73. The summed E-state index contributed by atoms with van der Waals surface area (Å²) in [7, 11) is -2.69. The van der Waals surface area contributed by atoms with Crippen molar-refractivity contribution in [3.8, 4) is 0 Å². The molecule has 0 rings (SSSR count). The fourth-order valence-electron chi connectivity index (χ4n) is 0.0976. The molecule has 0 atom stereocenters. The summed E-state index contributed by atoms with van der Waals surface area (Å²) in [6.07, 6.45) is -2.71. The molecule has 47 valence electrons. The Balaban J connectivity index is 0. The maximum atomic E-state index is 11.3. The zero-order valence-electron chi connectivity index (χ0n) is 4.61. The van der Waals surface area contributed by atoms with Crippen LogP contribution in [0.3, 0.4) is 0 Å². The Hall–Kier alpha value is 1.15. The third kappa shape index (κ3) is 5.59. The van der Waals surface area contributed by atoms with E-state index >= 15 is 0 Å². The van der Waals surface area contributed by atoms with Crippen molar-refractivity contribution in [1.29, 1.82) is 0 Å². The molecule has 2 N–H and O–H groups in total. The summed E-state index contributed by atoms with van der Waals surface area (Å²) in [4.78, 5) is 0. The molecule has 0 aliphatic carbocycles. The topological polar surface area (TPSA) is 40.5 Å². The normalized spacial score (nSPS) is 7.67. The van der Waals surface area contributed by atoms with Gasteiger partial charge in [-0.05, 0) is 0 Å². The van der Waals surface area contributed by atoms with Crippen LogP contribution in [-0.2, 0) is 0 Å². The Morgan fingerprint density at radius 3 is 1.44 bits per heavy atom. The molecule has 1 radical (unpaired) electrons. The van der Waals surface area contributed by atoms with E-state index in [1.165, 1.54) is 0 Å². The van der Waals surface area contributed by atoms with Crippen LogP contribution in [0.4, 0.5) is 13.2 Å². The van der Waals surface area contributed by atoms with Crippen molar-refractivity contribution in [2.45, 2.75) is 0 Å². The number of rotatable bonds is 1. The van der Waals surface area contributed by atoms with Gasteiger partial charge in [0.15, 0.2) is 5.73 Å². The molecular weight excluding hydrogens is 163 g/mol. The number of hydrogen-bond donors (Lipinski definition) is 2. The molecule has 0 aliphatic rings. The van der Waals surface area contributed by atoms with E-state index in [0.717, 1.165) is 0 Å². The first kappa shape index (κ1) is 12.8. The van der Waals surface area contributed by atoms with E-state index in [4.69, 9.17) is 10.0 Å². The number of hydrogen-bond acceptors (Lipinski definition) is 2. The van der Waals surface area contributed by atoms with Crippen molar-refractivity contribution in [1.82, 2.24) is 0 Å². The molecule has 0 bridgehead atoms. The molecule has 0 aromatic carbocycles. The molecule has 7 heteroatoms. The van der Waals surface area contributed by atoms with E-state index in [0.29, 0.717) is 0 Å². The van der Waals surface area contributed by atoms with E-state index in [9.17, 15) is 13.2 Å². The Labute approximate surface area is 92.3 Å². The summed E-state index contributed by atoms with van der Waals surface area (Å²) in [5.74, 6) is 0. The molecule has 0 fully saturated rings. The minimum Gasteiger partial charge on any atom is -0.422 e. The monoisotopic (exact) mass is 165 g/mol. The molecule has 0 aromatic heterocycles. The van der Waals surface area contributed by atoms with E-state index in [-0.39, 0.29) is 51.4 Å².